The highest BCUT2D eigenvalue weighted by atomic mass is 16.5. The second-order valence-electron chi connectivity index (χ2n) is 6.05. The molecule has 0 aliphatic rings. The third-order valence-electron chi connectivity index (χ3n) is 3.80. The summed E-state index contributed by atoms with van der Waals surface area (Å²) in [6.07, 6.45) is 0. The molecule has 1 aromatic heterocycles. The molecule has 24 heavy (non-hydrogen) atoms. The number of ether oxygens (including phenoxy) is 1. The Hall–Kier alpha value is -2.66. The van der Waals surface area contributed by atoms with E-state index < -0.39 is 0 Å². The van der Waals surface area contributed by atoms with Gasteiger partial charge in [-0.25, -0.2) is 9.67 Å². The molecule has 5 nitrogen and oxygen atoms in total. The number of nitrogens with zero attached hydrogens (tertiary/aromatic N) is 4. The maximum atomic E-state index is 5.20. The molecule has 124 valence electrons. The Bertz CT molecular complexity index is 822. The maximum absolute atomic E-state index is 5.20. The van der Waals surface area contributed by atoms with E-state index in [-0.39, 0.29) is 0 Å². The van der Waals surface area contributed by atoms with E-state index in [1.54, 1.807) is 7.11 Å². The Morgan fingerprint density at radius 3 is 2.46 bits per heavy atom. The largest absolute Gasteiger partial charge is 0.497 e. The van der Waals surface area contributed by atoms with Gasteiger partial charge in [0.1, 0.15) is 5.75 Å². The highest BCUT2D eigenvalue weighted by Gasteiger charge is 2.12. The minimum absolute atomic E-state index is 0.716. The van der Waals surface area contributed by atoms with Crippen molar-refractivity contribution in [2.75, 3.05) is 21.2 Å². The number of benzene rings is 2. The van der Waals surface area contributed by atoms with Gasteiger partial charge in [-0.2, -0.15) is 5.10 Å². The minimum Gasteiger partial charge on any atom is -0.497 e. The van der Waals surface area contributed by atoms with Gasteiger partial charge in [0, 0.05) is 24.7 Å². The monoisotopic (exact) mass is 322 g/mol. The summed E-state index contributed by atoms with van der Waals surface area (Å²) in [7, 11) is 7.72. The number of methoxy groups -OCH3 is 1. The number of aryl methyl sites for hydroxylation is 1. The molecule has 0 spiro atoms. The van der Waals surface area contributed by atoms with Crippen LogP contribution in [0.3, 0.4) is 0 Å². The van der Waals surface area contributed by atoms with Crippen LogP contribution in [0.2, 0.25) is 0 Å². The number of hydrogen-bond donors (Lipinski definition) is 0. The van der Waals surface area contributed by atoms with Gasteiger partial charge in [-0.05, 0) is 50.0 Å². The third-order valence-corrected chi connectivity index (χ3v) is 3.80. The van der Waals surface area contributed by atoms with Crippen molar-refractivity contribution in [3.63, 3.8) is 0 Å². The highest BCUT2D eigenvalue weighted by molar-refractivity contribution is 5.62. The van der Waals surface area contributed by atoms with Crippen LogP contribution in [-0.2, 0) is 13.6 Å². The van der Waals surface area contributed by atoms with E-state index in [9.17, 15) is 0 Å². The van der Waals surface area contributed by atoms with Crippen molar-refractivity contribution in [2.45, 2.75) is 6.54 Å². The van der Waals surface area contributed by atoms with E-state index >= 15 is 0 Å². The van der Waals surface area contributed by atoms with Crippen molar-refractivity contribution in [3.8, 4) is 28.5 Å². The van der Waals surface area contributed by atoms with E-state index in [2.05, 4.69) is 48.4 Å². The lowest BCUT2D eigenvalue weighted by molar-refractivity contribution is 0.402. The average molecular weight is 322 g/mol. The van der Waals surface area contributed by atoms with Crippen LogP contribution in [0.4, 0.5) is 0 Å². The van der Waals surface area contributed by atoms with Gasteiger partial charge in [0.25, 0.3) is 0 Å². The molecule has 0 atom stereocenters. The predicted octanol–water partition coefficient (Wildman–Crippen LogP) is 3.22. The van der Waals surface area contributed by atoms with E-state index in [0.29, 0.717) is 5.82 Å². The fourth-order valence-corrected chi connectivity index (χ4v) is 2.67. The number of hydrogen-bond acceptors (Lipinski definition) is 4. The lowest BCUT2D eigenvalue weighted by atomic mass is 10.1. The van der Waals surface area contributed by atoms with Crippen LogP contribution in [0.25, 0.3) is 22.8 Å². The molecule has 0 unspecified atom stereocenters. The van der Waals surface area contributed by atoms with Crippen LogP contribution in [0.1, 0.15) is 5.56 Å². The standard InChI is InChI=1S/C19H22N4O/c1-22(2)13-14-6-5-7-16(12-14)19-20-18(21-23(19)3)15-8-10-17(24-4)11-9-15/h5-12H,13H2,1-4H3. The van der Waals surface area contributed by atoms with Crippen molar-refractivity contribution in [3.05, 3.63) is 54.1 Å². The smallest absolute Gasteiger partial charge is 0.181 e. The zero-order valence-electron chi connectivity index (χ0n) is 14.5. The summed E-state index contributed by atoms with van der Waals surface area (Å²) < 4.78 is 7.03. The normalized spacial score (nSPS) is 11.0. The minimum atomic E-state index is 0.716. The fraction of sp³-hybridized carbons (Fsp3) is 0.263. The van der Waals surface area contributed by atoms with Gasteiger partial charge in [0.15, 0.2) is 11.6 Å². The molecule has 3 rings (SSSR count). The topological polar surface area (TPSA) is 43.2 Å². The van der Waals surface area contributed by atoms with E-state index in [1.807, 2.05) is 36.0 Å². The van der Waals surface area contributed by atoms with Crippen molar-refractivity contribution < 1.29 is 4.74 Å². The zero-order chi connectivity index (χ0) is 17.1. The molecular weight excluding hydrogens is 300 g/mol. The number of aromatic nitrogens is 3. The summed E-state index contributed by atoms with van der Waals surface area (Å²) in [6, 6.07) is 16.2. The first-order chi connectivity index (χ1) is 11.6. The van der Waals surface area contributed by atoms with Crippen LogP contribution >= 0.6 is 0 Å². The third kappa shape index (κ3) is 3.46. The molecule has 5 heteroatoms. The molecule has 0 radical (unpaired) electrons. The van der Waals surface area contributed by atoms with Crippen LogP contribution < -0.4 is 4.74 Å². The van der Waals surface area contributed by atoms with Crippen LogP contribution in [0.15, 0.2) is 48.5 Å². The van der Waals surface area contributed by atoms with Crippen molar-refractivity contribution in [2.24, 2.45) is 7.05 Å². The highest BCUT2D eigenvalue weighted by Crippen LogP contribution is 2.24. The molecule has 0 saturated heterocycles. The Kier molecular flexibility index (Phi) is 4.62. The second kappa shape index (κ2) is 6.84. The Balaban J connectivity index is 1.93. The van der Waals surface area contributed by atoms with Crippen LogP contribution in [0, 0.1) is 0 Å². The summed E-state index contributed by atoms with van der Waals surface area (Å²) in [5.41, 5.74) is 3.30. The summed E-state index contributed by atoms with van der Waals surface area (Å²) in [5.74, 6) is 2.40. The Morgan fingerprint density at radius 2 is 1.79 bits per heavy atom. The molecule has 0 aliphatic heterocycles. The summed E-state index contributed by atoms with van der Waals surface area (Å²) >= 11 is 0. The first-order valence-electron chi connectivity index (χ1n) is 7.86. The molecule has 0 amide bonds. The van der Waals surface area contributed by atoms with Crippen molar-refractivity contribution in [1.29, 1.82) is 0 Å². The summed E-state index contributed by atoms with van der Waals surface area (Å²) in [6.45, 7) is 0.900. The van der Waals surface area contributed by atoms with Crippen molar-refractivity contribution >= 4 is 0 Å². The molecule has 1 heterocycles. The van der Waals surface area contributed by atoms with E-state index in [0.717, 1.165) is 29.2 Å². The maximum Gasteiger partial charge on any atom is 0.181 e. The predicted molar refractivity (Wildman–Crippen MR) is 95.8 cm³/mol. The Morgan fingerprint density at radius 1 is 1.04 bits per heavy atom. The molecule has 0 N–H and O–H groups in total. The summed E-state index contributed by atoms with van der Waals surface area (Å²) in [4.78, 5) is 6.87. The fourth-order valence-electron chi connectivity index (χ4n) is 2.67. The molecule has 0 bridgehead atoms. The lowest BCUT2D eigenvalue weighted by Crippen LogP contribution is -2.10. The van der Waals surface area contributed by atoms with Gasteiger partial charge in [-0.1, -0.05) is 18.2 Å². The van der Waals surface area contributed by atoms with E-state index in [4.69, 9.17) is 9.72 Å². The molecular formula is C19H22N4O. The van der Waals surface area contributed by atoms with Gasteiger partial charge in [0.05, 0.1) is 7.11 Å². The van der Waals surface area contributed by atoms with E-state index in [1.165, 1.54) is 5.56 Å². The average Bonchev–Trinajstić information content (AvgIpc) is 2.96. The van der Waals surface area contributed by atoms with Crippen LogP contribution in [-0.4, -0.2) is 40.9 Å². The molecule has 0 saturated carbocycles. The van der Waals surface area contributed by atoms with Gasteiger partial charge < -0.3 is 9.64 Å². The molecule has 0 fully saturated rings. The van der Waals surface area contributed by atoms with Gasteiger partial charge in [-0.3, -0.25) is 0 Å². The van der Waals surface area contributed by atoms with Gasteiger partial charge in [0.2, 0.25) is 0 Å². The zero-order valence-corrected chi connectivity index (χ0v) is 14.5. The quantitative estimate of drug-likeness (QED) is 0.723. The number of rotatable bonds is 5. The Labute approximate surface area is 142 Å². The molecule has 0 aliphatic carbocycles. The lowest BCUT2D eigenvalue weighted by Gasteiger charge is -2.10. The van der Waals surface area contributed by atoms with Gasteiger partial charge in [-0.15, -0.1) is 0 Å². The molecule has 3 aromatic rings. The van der Waals surface area contributed by atoms with Gasteiger partial charge >= 0.3 is 0 Å². The van der Waals surface area contributed by atoms with Crippen molar-refractivity contribution in [1.82, 2.24) is 19.7 Å². The first kappa shape index (κ1) is 16.2. The first-order valence-corrected chi connectivity index (χ1v) is 7.86. The molecule has 2 aromatic carbocycles. The summed E-state index contributed by atoms with van der Waals surface area (Å²) in [5, 5.41) is 4.56. The van der Waals surface area contributed by atoms with Crippen LogP contribution in [0.5, 0.6) is 5.75 Å². The SMILES string of the molecule is COc1ccc(-c2nc(-c3cccc(CN(C)C)c3)n(C)n2)cc1. The second-order valence-corrected chi connectivity index (χ2v) is 6.05.